The minimum atomic E-state index is -0.784. The molecule has 22 heavy (non-hydrogen) atoms. The second-order valence-corrected chi connectivity index (χ2v) is 4.73. The summed E-state index contributed by atoms with van der Waals surface area (Å²) in [6, 6.07) is 0. The molecular weight excluding hydrogens is 314 g/mol. The third-order valence-corrected chi connectivity index (χ3v) is 2.63. The number of anilines is 2. The third kappa shape index (κ3) is 7.66. The van der Waals surface area contributed by atoms with Crippen molar-refractivity contribution in [1.82, 2.24) is 15.0 Å². The maximum Gasteiger partial charge on any atom is 0.228 e. The van der Waals surface area contributed by atoms with E-state index in [9.17, 15) is 10.2 Å². The number of halogens is 1. The van der Waals surface area contributed by atoms with Crippen LogP contribution in [0.4, 0.5) is 11.9 Å². The van der Waals surface area contributed by atoms with Crippen molar-refractivity contribution in [2.75, 3.05) is 50.7 Å². The predicted molar refractivity (Wildman–Crippen MR) is 82.2 cm³/mol. The minimum absolute atomic E-state index is 0.0478. The van der Waals surface area contributed by atoms with Crippen LogP contribution in [0.2, 0.25) is 5.28 Å². The zero-order chi connectivity index (χ0) is 16.4. The zero-order valence-corrected chi connectivity index (χ0v) is 13.4. The number of hydrogen-bond acceptors (Lipinski definition) is 9. The molecule has 9 nitrogen and oxygen atoms in total. The first-order chi connectivity index (χ1) is 10.5. The van der Waals surface area contributed by atoms with E-state index >= 15 is 0 Å². The molecule has 1 aromatic rings. The summed E-state index contributed by atoms with van der Waals surface area (Å²) in [5.74, 6) is 0.576. The van der Waals surface area contributed by atoms with Gasteiger partial charge >= 0.3 is 0 Å². The highest BCUT2D eigenvalue weighted by Crippen LogP contribution is 2.08. The van der Waals surface area contributed by atoms with Gasteiger partial charge in [-0.25, -0.2) is 0 Å². The van der Waals surface area contributed by atoms with E-state index in [2.05, 4.69) is 25.6 Å². The Morgan fingerprint density at radius 1 is 1.05 bits per heavy atom. The van der Waals surface area contributed by atoms with Crippen LogP contribution in [0.3, 0.4) is 0 Å². The van der Waals surface area contributed by atoms with E-state index in [1.54, 1.807) is 7.05 Å². The lowest BCUT2D eigenvalue weighted by Gasteiger charge is -2.15. The van der Waals surface area contributed by atoms with E-state index in [1.807, 2.05) is 6.92 Å². The zero-order valence-electron chi connectivity index (χ0n) is 12.6. The van der Waals surface area contributed by atoms with E-state index < -0.39 is 12.2 Å². The molecule has 0 radical (unpaired) electrons. The number of nitrogens with zero attached hydrogens (tertiary/aromatic N) is 3. The van der Waals surface area contributed by atoms with Gasteiger partial charge in [-0.2, -0.15) is 15.0 Å². The van der Waals surface area contributed by atoms with Gasteiger partial charge in [0, 0.05) is 20.2 Å². The van der Waals surface area contributed by atoms with Crippen LogP contribution in [0.5, 0.6) is 0 Å². The maximum atomic E-state index is 9.78. The highest BCUT2D eigenvalue weighted by Gasteiger charge is 2.10. The van der Waals surface area contributed by atoms with Gasteiger partial charge in [0.1, 0.15) is 6.10 Å². The van der Waals surface area contributed by atoms with Crippen LogP contribution in [0.25, 0.3) is 0 Å². The maximum absolute atomic E-state index is 9.78. The summed E-state index contributed by atoms with van der Waals surface area (Å²) >= 11 is 5.74. The number of hydrogen-bond donors (Lipinski definition) is 4. The Kier molecular flexibility index (Phi) is 8.94. The first-order valence-electron chi connectivity index (χ1n) is 6.90. The molecule has 0 aliphatic heterocycles. The number of aliphatic hydroxyl groups excluding tert-OH is 2. The molecule has 0 amide bonds. The molecule has 0 spiro atoms. The van der Waals surface area contributed by atoms with Gasteiger partial charge in [-0.05, 0) is 18.5 Å². The van der Waals surface area contributed by atoms with Gasteiger partial charge in [-0.1, -0.05) is 0 Å². The van der Waals surface area contributed by atoms with Crippen LogP contribution >= 0.6 is 11.6 Å². The minimum Gasteiger partial charge on any atom is -0.389 e. The number of aromatic nitrogens is 3. The molecule has 0 bridgehead atoms. The molecule has 1 rings (SSSR count). The second kappa shape index (κ2) is 10.5. The summed E-state index contributed by atoms with van der Waals surface area (Å²) < 4.78 is 10.2. The Morgan fingerprint density at radius 3 is 2.36 bits per heavy atom. The van der Waals surface area contributed by atoms with E-state index in [1.165, 1.54) is 0 Å². The average Bonchev–Trinajstić information content (AvgIpc) is 2.50. The summed E-state index contributed by atoms with van der Waals surface area (Å²) in [7, 11) is 1.66. The molecule has 0 fully saturated rings. The Labute approximate surface area is 134 Å². The van der Waals surface area contributed by atoms with Crippen LogP contribution in [-0.2, 0) is 9.47 Å². The van der Waals surface area contributed by atoms with Gasteiger partial charge in [0.25, 0.3) is 0 Å². The molecule has 10 heteroatoms. The van der Waals surface area contributed by atoms with Gasteiger partial charge in [0.2, 0.25) is 17.2 Å². The van der Waals surface area contributed by atoms with Crippen LogP contribution in [0, 0.1) is 0 Å². The Balaban J connectivity index is 2.25. The molecule has 0 aliphatic carbocycles. The molecule has 0 saturated carbocycles. The number of ether oxygens (including phenoxy) is 2. The van der Waals surface area contributed by atoms with Crippen molar-refractivity contribution >= 4 is 23.5 Å². The largest absolute Gasteiger partial charge is 0.389 e. The normalized spacial score (nSPS) is 13.7. The standard InChI is InChI=1S/C12H22ClN5O4/c1-3-21-6-9(20)7-22-5-8(19)4-15-12-17-10(13)16-11(14-2)18-12/h8-9,19-20H,3-7H2,1-2H3,(H2,14,15,16,17,18). The highest BCUT2D eigenvalue weighted by molar-refractivity contribution is 6.28. The van der Waals surface area contributed by atoms with Crippen molar-refractivity contribution < 1.29 is 19.7 Å². The molecule has 0 saturated heterocycles. The smallest absolute Gasteiger partial charge is 0.228 e. The van der Waals surface area contributed by atoms with Crippen molar-refractivity contribution in [3.63, 3.8) is 0 Å². The lowest BCUT2D eigenvalue weighted by molar-refractivity contribution is -0.0353. The SMILES string of the molecule is CCOCC(O)COCC(O)CNc1nc(Cl)nc(NC)n1. The van der Waals surface area contributed by atoms with E-state index in [4.69, 9.17) is 21.1 Å². The predicted octanol–water partition coefficient (Wildman–Crippen LogP) is -0.247. The number of nitrogens with one attached hydrogen (secondary N) is 2. The molecule has 1 aromatic heterocycles. The summed E-state index contributed by atoms with van der Waals surface area (Å²) in [6.07, 6.45) is -1.49. The first kappa shape index (κ1) is 18.8. The molecule has 126 valence electrons. The lowest BCUT2D eigenvalue weighted by Crippen LogP contribution is -2.29. The van der Waals surface area contributed by atoms with Gasteiger partial charge in [0.05, 0.1) is 25.9 Å². The van der Waals surface area contributed by atoms with Crippen LogP contribution in [0.15, 0.2) is 0 Å². The molecule has 0 aromatic carbocycles. The third-order valence-electron chi connectivity index (χ3n) is 2.46. The fraction of sp³-hybridized carbons (Fsp3) is 0.750. The summed E-state index contributed by atoms with van der Waals surface area (Å²) in [5, 5.41) is 24.9. The van der Waals surface area contributed by atoms with E-state index in [0.29, 0.717) is 12.6 Å². The van der Waals surface area contributed by atoms with Crippen molar-refractivity contribution in [2.24, 2.45) is 0 Å². The number of aliphatic hydroxyl groups is 2. The molecule has 2 unspecified atom stereocenters. The molecule has 1 heterocycles. The second-order valence-electron chi connectivity index (χ2n) is 4.39. The fourth-order valence-electron chi connectivity index (χ4n) is 1.45. The molecule has 2 atom stereocenters. The van der Waals surface area contributed by atoms with Crippen LogP contribution in [0.1, 0.15) is 6.92 Å². The molecule has 4 N–H and O–H groups in total. The van der Waals surface area contributed by atoms with Crippen LogP contribution in [-0.4, -0.2) is 77.4 Å². The monoisotopic (exact) mass is 335 g/mol. The summed E-state index contributed by atoms with van der Waals surface area (Å²) in [6.45, 7) is 2.92. The van der Waals surface area contributed by atoms with Crippen molar-refractivity contribution in [3.05, 3.63) is 5.28 Å². The van der Waals surface area contributed by atoms with Crippen molar-refractivity contribution in [1.29, 1.82) is 0 Å². The summed E-state index contributed by atoms with van der Waals surface area (Å²) in [4.78, 5) is 11.7. The van der Waals surface area contributed by atoms with Gasteiger partial charge in [-0.15, -0.1) is 0 Å². The van der Waals surface area contributed by atoms with Gasteiger partial charge in [-0.3, -0.25) is 0 Å². The van der Waals surface area contributed by atoms with Crippen molar-refractivity contribution in [3.8, 4) is 0 Å². The molecule has 0 aliphatic rings. The van der Waals surface area contributed by atoms with Crippen molar-refractivity contribution in [2.45, 2.75) is 19.1 Å². The summed E-state index contributed by atoms with van der Waals surface area (Å²) in [5.41, 5.74) is 0. The highest BCUT2D eigenvalue weighted by atomic mass is 35.5. The molecular formula is C12H22ClN5O4. The Morgan fingerprint density at radius 2 is 1.68 bits per heavy atom. The number of rotatable bonds is 11. The van der Waals surface area contributed by atoms with E-state index in [-0.39, 0.29) is 37.6 Å². The Bertz CT molecular complexity index is 440. The van der Waals surface area contributed by atoms with Gasteiger partial charge in [0.15, 0.2) is 0 Å². The average molecular weight is 336 g/mol. The lowest BCUT2D eigenvalue weighted by atomic mass is 10.3. The Hall–Kier alpha value is -1.26. The van der Waals surface area contributed by atoms with Crippen LogP contribution < -0.4 is 10.6 Å². The van der Waals surface area contributed by atoms with Gasteiger partial charge < -0.3 is 30.3 Å². The topological polar surface area (TPSA) is 122 Å². The fourth-order valence-corrected chi connectivity index (χ4v) is 1.61. The van der Waals surface area contributed by atoms with E-state index in [0.717, 1.165) is 0 Å². The first-order valence-corrected chi connectivity index (χ1v) is 7.27. The quantitative estimate of drug-likeness (QED) is 0.433.